The molecular formula is C9H8ClN3O2. The lowest BCUT2D eigenvalue weighted by Gasteiger charge is -2.01. The Bertz CT molecular complexity index is 509. The van der Waals surface area contributed by atoms with Crippen LogP contribution in [0.25, 0.3) is 5.65 Å². The number of fused-ring (bicyclic) bond motifs is 1. The van der Waals surface area contributed by atoms with Gasteiger partial charge in [-0.3, -0.25) is 4.79 Å². The monoisotopic (exact) mass is 225 g/mol. The first-order chi connectivity index (χ1) is 7.16. The van der Waals surface area contributed by atoms with Crippen molar-refractivity contribution in [3.05, 3.63) is 29.2 Å². The Morgan fingerprint density at radius 3 is 3.13 bits per heavy atom. The van der Waals surface area contributed by atoms with Crippen LogP contribution in [0, 0.1) is 0 Å². The summed E-state index contributed by atoms with van der Waals surface area (Å²) in [5.74, 6) is -0.341. The highest BCUT2D eigenvalue weighted by atomic mass is 35.5. The highest BCUT2D eigenvalue weighted by Crippen LogP contribution is 2.09. The molecule has 0 aromatic carbocycles. The van der Waals surface area contributed by atoms with Gasteiger partial charge in [-0.1, -0.05) is 11.6 Å². The summed E-state index contributed by atoms with van der Waals surface area (Å²) in [6.45, 7) is 1.49. The summed E-state index contributed by atoms with van der Waals surface area (Å²) in [7, 11) is 0. The van der Waals surface area contributed by atoms with E-state index in [0.29, 0.717) is 16.5 Å². The summed E-state index contributed by atoms with van der Waals surface area (Å²) < 4.78 is 6.40. The maximum absolute atomic E-state index is 10.6. The summed E-state index contributed by atoms with van der Waals surface area (Å²) in [6.07, 6.45) is 1.60. The molecule has 0 radical (unpaired) electrons. The van der Waals surface area contributed by atoms with Gasteiger partial charge < -0.3 is 4.74 Å². The first-order valence-corrected chi connectivity index (χ1v) is 4.67. The molecular weight excluding hydrogens is 218 g/mol. The highest BCUT2D eigenvalue weighted by Gasteiger charge is 2.06. The molecule has 0 fully saturated rings. The van der Waals surface area contributed by atoms with Crippen molar-refractivity contribution in [1.82, 2.24) is 14.6 Å². The van der Waals surface area contributed by atoms with E-state index < -0.39 is 0 Å². The summed E-state index contributed by atoms with van der Waals surface area (Å²) in [5, 5.41) is 4.41. The standard InChI is InChI=1S/C9H8ClN3O2/c1-6(14)15-5-7-4-11-9-3-2-8(10)12-13(7)9/h2-4H,5H2,1H3. The molecule has 78 valence electrons. The minimum absolute atomic E-state index is 0.143. The van der Waals surface area contributed by atoms with Gasteiger partial charge in [0.25, 0.3) is 0 Å². The summed E-state index contributed by atoms with van der Waals surface area (Å²) in [6, 6.07) is 3.39. The van der Waals surface area contributed by atoms with Crippen molar-refractivity contribution in [3.63, 3.8) is 0 Å². The van der Waals surface area contributed by atoms with Crippen molar-refractivity contribution in [2.24, 2.45) is 0 Å². The van der Waals surface area contributed by atoms with Crippen LogP contribution in [0.4, 0.5) is 0 Å². The van der Waals surface area contributed by atoms with Gasteiger partial charge in [0.1, 0.15) is 17.5 Å². The first kappa shape index (κ1) is 9.92. The van der Waals surface area contributed by atoms with Gasteiger partial charge >= 0.3 is 5.97 Å². The summed E-state index contributed by atoms with van der Waals surface area (Å²) in [4.78, 5) is 14.7. The minimum Gasteiger partial charge on any atom is -0.459 e. The number of ether oxygens (including phenoxy) is 1. The molecule has 0 bridgehead atoms. The largest absolute Gasteiger partial charge is 0.459 e. The van der Waals surface area contributed by atoms with Gasteiger partial charge in [-0.15, -0.1) is 0 Å². The number of aromatic nitrogens is 3. The third-order valence-electron chi connectivity index (χ3n) is 1.82. The number of imidazole rings is 1. The van der Waals surface area contributed by atoms with Crippen molar-refractivity contribution < 1.29 is 9.53 Å². The predicted octanol–water partition coefficient (Wildman–Crippen LogP) is 1.45. The number of carbonyl (C=O) groups is 1. The van der Waals surface area contributed by atoms with Gasteiger partial charge in [0.2, 0.25) is 0 Å². The number of carbonyl (C=O) groups excluding carboxylic acids is 1. The zero-order valence-electron chi connectivity index (χ0n) is 7.98. The van der Waals surface area contributed by atoms with Gasteiger partial charge in [-0.2, -0.15) is 5.10 Å². The van der Waals surface area contributed by atoms with Crippen LogP contribution in [0.1, 0.15) is 12.6 Å². The van der Waals surface area contributed by atoms with Gasteiger partial charge in [0, 0.05) is 6.92 Å². The SMILES string of the molecule is CC(=O)OCc1cnc2ccc(Cl)nn12. The number of nitrogens with zero attached hydrogens (tertiary/aromatic N) is 3. The van der Waals surface area contributed by atoms with Gasteiger partial charge in [-0.05, 0) is 12.1 Å². The molecule has 0 spiro atoms. The molecule has 0 N–H and O–H groups in total. The van der Waals surface area contributed by atoms with Gasteiger partial charge in [0.15, 0.2) is 5.65 Å². The lowest BCUT2D eigenvalue weighted by atomic mass is 10.5. The van der Waals surface area contributed by atoms with E-state index in [1.165, 1.54) is 6.92 Å². The third-order valence-corrected chi connectivity index (χ3v) is 2.03. The maximum atomic E-state index is 10.6. The van der Waals surface area contributed by atoms with E-state index in [-0.39, 0.29) is 12.6 Å². The summed E-state index contributed by atoms with van der Waals surface area (Å²) >= 11 is 5.74. The van der Waals surface area contributed by atoms with Gasteiger partial charge in [0.05, 0.1) is 6.20 Å². The topological polar surface area (TPSA) is 56.5 Å². The smallest absolute Gasteiger partial charge is 0.303 e. The highest BCUT2D eigenvalue weighted by molar-refractivity contribution is 6.29. The molecule has 0 aliphatic rings. The van der Waals surface area contributed by atoms with Crippen molar-refractivity contribution in [2.45, 2.75) is 13.5 Å². The average molecular weight is 226 g/mol. The zero-order chi connectivity index (χ0) is 10.8. The van der Waals surface area contributed by atoms with E-state index in [4.69, 9.17) is 16.3 Å². The zero-order valence-corrected chi connectivity index (χ0v) is 8.73. The number of rotatable bonds is 2. The molecule has 0 saturated carbocycles. The van der Waals surface area contributed by atoms with Crippen LogP contribution >= 0.6 is 11.6 Å². The molecule has 0 aliphatic carbocycles. The average Bonchev–Trinajstić information content (AvgIpc) is 2.57. The second-order valence-electron chi connectivity index (χ2n) is 2.96. The van der Waals surface area contributed by atoms with Crippen molar-refractivity contribution in [1.29, 1.82) is 0 Å². The van der Waals surface area contributed by atoms with Crippen LogP contribution in [0.5, 0.6) is 0 Å². The van der Waals surface area contributed by atoms with Crippen LogP contribution in [0.15, 0.2) is 18.3 Å². The molecule has 2 heterocycles. The lowest BCUT2D eigenvalue weighted by molar-refractivity contribution is -0.142. The van der Waals surface area contributed by atoms with Gasteiger partial charge in [-0.25, -0.2) is 9.50 Å². The van der Waals surface area contributed by atoms with E-state index in [2.05, 4.69) is 10.1 Å². The lowest BCUT2D eigenvalue weighted by Crippen LogP contribution is -2.03. The number of hydrogen-bond acceptors (Lipinski definition) is 4. The van der Waals surface area contributed by atoms with Crippen LogP contribution in [-0.4, -0.2) is 20.6 Å². The van der Waals surface area contributed by atoms with E-state index >= 15 is 0 Å². The molecule has 2 aromatic rings. The molecule has 0 amide bonds. The molecule has 6 heteroatoms. The Morgan fingerprint density at radius 1 is 1.60 bits per heavy atom. The molecule has 0 saturated heterocycles. The fraction of sp³-hybridized carbons (Fsp3) is 0.222. The second kappa shape index (κ2) is 3.86. The molecule has 0 atom stereocenters. The van der Waals surface area contributed by atoms with Crippen LogP contribution in [0.2, 0.25) is 5.15 Å². The predicted molar refractivity (Wildman–Crippen MR) is 53.5 cm³/mol. The Kier molecular flexibility index (Phi) is 2.55. The Labute approximate surface area is 90.6 Å². The summed E-state index contributed by atoms with van der Waals surface area (Å²) in [5.41, 5.74) is 1.35. The second-order valence-corrected chi connectivity index (χ2v) is 3.34. The number of hydrogen-bond donors (Lipinski definition) is 0. The normalized spacial score (nSPS) is 10.5. The molecule has 2 aromatic heterocycles. The molecule has 0 unspecified atom stereocenters. The molecule has 15 heavy (non-hydrogen) atoms. The molecule has 5 nitrogen and oxygen atoms in total. The van der Waals surface area contributed by atoms with Crippen LogP contribution in [-0.2, 0) is 16.1 Å². The molecule has 2 rings (SSSR count). The fourth-order valence-electron chi connectivity index (χ4n) is 1.17. The van der Waals surface area contributed by atoms with E-state index in [0.717, 1.165) is 0 Å². The van der Waals surface area contributed by atoms with Crippen molar-refractivity contribution >= 4 is 23.2 Å². The maximum Gasteiger partial charge on any atom is 0.303 e. The van der Waals surface area contributed by atoms with Crippen LogP contribution in [0.3, 0.4) is 0 Å². The Morgan fingerprint density at radius 2 is 2.40 bits per heavy atom. The Hall–Kier alpha value is -1.62. The Balaban J connectivity index is 2.35. The molecule has 0 aliphatic heterocycles. The van der Waals surface area contributed by atoms with E-state index in [1.807, 2.05) is 0 Å². The quantitative estimate of drug-likeness (QED) is 0.726. The minimum atomic E-state index is -0.341. The van der Waals surface area contributed by atoms with Crippen molar-refractivity contribution in [3.8, 4) is 0 Å². The van der Waals surface area contributed by atoms with Crippen LogP contribution < -0.4 is 0 Å². The number of esters is 1. The third kappa shape index (κ3) is 2.07. The van der Waals surface area contributed by atoms with E-state index in [9.17, 15) is 4.79 Å². The number of halogens is 1. The first-order valence-electron chi connectivity index (χ1n) is 4.29. The van der Waals surface area contributed by atoms with Crippen molar-refractivity contribution in [2.75, 3.05) is 0 Å². The van der Waals surface area contributed by atoms with E-state index in [1.54, 1.807) is 22.8 Å². The fourth-order valence-corrected chi connectivity index (χ4v) is 1.31.